The number of allylic oxidation sites excluding steroid dienone is 17. The van der Waals surface area contributed by atoms with Crippen LogP contribution in [0.4, 0.5) is 0 Å². The SMILES string of the molecule is CC/C=C\C/C=C\C/C=C\C/C=C\C/C=C\CCCCCCCCCCCCC(O)C(=O)NC(COC1OC(CO)C(O)C(O)C1OC(=O)CCCCCCCCCCCCCCCC/C=C\C/C=C\C/C=C\CCCCC)C(O)/C=C/CCCCCCCCCCC. The van der Waals surface area contributed by atoms with Crippen molar-refractivity contribution in [2.24, 2.45) is 0 Å². The molecule has 0 spiro atoms. The van der Waals surface area contributed by atoms with E-state index >= 15 is 0 Å². The fraction of sp³-hybridized carbons (Fsp3) is 0.756. The van der Waals surface area contributed by atoms with Crippen LogP contribution < -0.4 is 5.32 Å². The minimum atomic E-state index is -1.62. The number of nitrogens with one attached hydrogen (secondary N) is 1. The van der Waals surface area contributed by atoms with Gasteiger partial charge in [0.15, 0.2) is 12.4 Å². The van der Waals surface area contributed by atoms with E-state index in [0.29, 0.717) is 12.8 Å². The predicted molar refractivity (Wildman–Crippen MR) is 393 cm³/mol. The van der Waals surface area contributed by atoms with Crippen LogP contribution in [0, 0.1) is 0 Å². The van der Waals surface area contributed by atoms with E-state index in [2.05, 4.69) is 123 Å². The van der Waals surface area contributed by atoms with E-state index in [-0.39, 0.29) is 19.4 Å². The quantitative estimate of drug-likeness (QED) is 0.0195. The largest absolute Gasteiger partial charge is 0.454 e. The number of aliphatic hydroxyl groups is 5. The highest BCUT2D eigenvalue weighted by Crippen LogP contribution is 2.26. The van der Waals surface area contributed by atoms with E-state index in [1.54, 1.807) is 6.08 Å². The van der Waals surface area contributed by atoms with Crippen LogP contribution in [-0.2, 0) is 23.8 Å². The molecule has 1 amide bonds. The molecular formula is C82H143NO10. The van der Waals surface area contributed by atoms with Gasteiger partial charge in [0.1, 0.15) is 24.4 Å². The zero-order valence-electron chi connectivity index (χ0n) is 59.9. The van der Waals surface area contributed by atoms with Crippen LogP contribution >= 0.6 is 0 Å². The number of carbonyl (C=O) groups excluding carboxylic acids is 2. The summed E-state index contributed by atoms with van der Waals surface area (Å²) in [5, 5.41) is 57.4. The highest BCUT2D eigenvalue weighted by atomic mass is 16.7. The van der Waals surface area contributed by atoms with Crippen LogP contribution in [0.3, 0.4) is 0 Å². The summed E-state index contributed by atoms with van der Waals surface area (Å²) in [5.41, 5.74) is 0. The van der Waals surface area contributed by atoms with Crippen LogP contribution in [0.2, 0.25) is 0 Å². The fourth-order valence-corrected chi connectivity index (χ4v) is 11.6. The van der Waals surface area contributed by atoms with Crippen molar-refractivity contribution in [1.29, 1.82) is 0 Å². The molecule has 0 bridgehead atoms. The van der Waals surface area contributed by atoms with Gasteiger partial charge in [0, 0.05) is 6.42 Å². The molecule has 8 atom stereocenters. The molecular weight excluding hydrogens is 1160 g/mol. The molecule has 0 saturated carbocycles. The highest BCUT2D eigenvalue weighted by Gasteiger charge is 2.47. The Hall–Kier alpha value is -3.68. The van der Waals surface area contributed by atoms with Gasteiger partial charge in [-0.2, -0.15) is 0 Å². The van der Waals surface area contributed by atoms with Crippen LogP contribution in [-0.4, -0.2) is 99.6 Å². The van der Waals surface area contributed by atoms with Crippen LogP contribution in [0.15, 0.2) is 109 Å². The maximum atomic E-state index is 13.5. The second-order valence-electron chi connectivity index (χ2n) is 26.4. The molecule has 11 nitrogen and oxygen atoms in total. The maximum absolute atomic E-state index is 13.5. The van der Waals surface area contributed by atoms with Crippen LogP contribution in [0.5, 0.6) is 0 Å². The second-order valence-corrected chi connectivity index (χ2v) is 26.4. The zero-order valence-corrected chi connectivity index (χ0v) is 59.9. The van der Waals surface area contributed by atoms with E-state index in [1.807, 2.05) is 6.08 Å². The van der Waals surface area contributed by atoms with E-state index in [1.165, 1.54) is 180 Å². The molecule has 1 rings (SSSR count). The van der Waals surface area contributed by atoms with Gasteiger partial charge >= 0.3 is 5.97 Å². The lowest BCUT2D eigenvalue weighted by molar-refractivity contribution is -0.305. The standard InChI is InChI=1S/C82H143NO10/c1-4-7-10-13-16-19-22-24-26-28-30-32-34-36-38-40-42-44-46-48-50-52-55-58-61-64-67-70-77(87)93-80-79(89)78(88)76(71-84)92-82(80)91-72-73(74(85)68-65-62-59-56-53-21-18-15-12-9-6-3)83-81(90)75(86)69-66-63-60-57-54-51-49-47-45-43-41-39-37-35-33-31-29-27-25-23-20-17-14-11-8-5-2/h8,11,16-17,19-20,24-27,30-33,37,39,65,68,73-76,78-80,82,84-86,88-89H,4-7,9-10,12-15,18,21-23,28-29,34-36,38,40-64,66-67,69-72H2,1-3H3,(H,83,90)/b11-8-,19-16-,20-17-,26-24-,27-25-,32-30-,33-31-,39-37-,68-65+. The van der Waals surface area contributed by atoms with Crippen molar-refractivity contribution in [3.63, 3.8) is 0 Å². The summed E-state index contributed by atoms with van der Waals surface area (Å²) in [4.78, 5) is 26.7. The van der Waals surface area contributed by atoms with E-state index < -0.39 is 67.4 Å². The summed E-state index contributed by atoms with van der Waals surface area (Å²) in [6.45, 7) is 5.68. The van der Waals surface area contributed by atoms with Gasteiger partial charge in [0.25, 0.3) is 0 Å². The van der Waals surface area contributed by atoms with Crippen LogP contribution in [0.1, 0.15) is 335 Å². The summed E-state index contributed by atoms with van der Waals surface area (Å²) in [5.74, 6) is -1.19. The molecule has 1 heterocycles. The lowest BCUT2D eigenvalue weighted by Gasteiger charge is -2.41. The lowest BCUT2D eigenvalue weighted by Crippen LogP contribution is -2.61. The second kappa shape index (κ2) is 68.3. The average molecular weight is 1300 g/mol. The summed E-state index contributed by atoms with van der Waals surface area (Å²) < 4.78 is 17.7. The maximum Gasteiger partial charge on any atom is 0.306 e. The van der Waals surface area contributed by atoms with E-state index in [4.69, 9.17) is 14.2 Å². The predicted octanol–water partition coefficient (Wildman–Crippen LogP) is 20.7. The first-order chi connectivity index (χ1) is 45.7. The van der Waals surface area contributed by atoms with Crippen molar-refractivity contribution in [3.05, 3.63) is 109 Å². The third-order valence-corrected chi connectivity index (χ3v) is 17.7. The first kappa shape index (κ1) is 87.3. The molecule has 0 aromatic carbocycles. The topological polar surface area (TPSA) is 175 Å². The molecule has 8 unspecified atom stereocenters. The Morgan fingerprint density at radius 1 is 0.430 bits per heavy atom. The molecule has 1 aliphatic heterocycles. The first-order valence-corrected chi connectivity index (χ1v) is 38.7. The fourth-order valence-electron chi connectivity index (χ4n) is 11.6. The molecule has 93 heavy (non-hydrogen) atoms. The number of esters is 1. The Bertz CT molecular complexity index is 1940. The van der Waals surface area contributed by atoms with Gasteiger partial charge in [-0.15, -0.1) is 0 Å². The zero-order chi connectivity index (χ0) is 67.4. The normalized spacial score (nSPS) is 18.5. The number of carbonyl (C=O) groups is 2. The molecule has 1 aliphatic rings. The van der Waals surface area contributed by atoms with Gasteiger partial charge < -0.3 is 45.1 Å². The lowest BCUT2D eigenvalue weighted by atomic mass is 9.99. The minimum Gasteiger partial charge on any atom is -0.454 e. The molecule has 6 N–H and O–H groups in total. The number of hydrogen-bond donors (Lipinski definition) is 6. The van der Waals surface area contributed by atoms with Crippen molar-refractivity contribution in [3.8, 4) is 0 Å². The smallest absolute Gasteiger partial charge is 0.306 e. The molecule has 0 aliphatic carbocycles. The van der Waals surface area contributed by atoms with E-state index in [9.17, 15) is 35.1 Å². The number of amides is 1. The molecule has 1 fully saturated rings. The Balaban J connectivity index is 2.49. The van der Waals surface area contributed by atoms with Crippen molar-refractivity contribution in [2.75, 3.05) is 13.2 Å². The van der Waals surface area contributed by atoms with Crippen LogP contribution in [0.25, 0.3) is 0 Å². The third kappa shape index (κ3) is 55.1. The molecule has 0 aromatic rings. The number of ether oxygens (including phenoxy) is 3. The Morgan fingerprint density at radius 3 is 1.18 bits per heavy atom. The summed E-state index contributed by atoms with van der Waals surface area (Å²) in [7, 11) is 0. The molecule has 0 aromatic heterocycles. The number of unbranched alkanes of at least 4 members (excludes halogenated alkanes) is 36. The molecule has 1 saturated heterocycles. The van der Waals surface area contributed by atoms with E-state index in [0.717, 1.165) is 109 Å². The van der Waals surface area contributed by atoms with Gasteiger partial charge in [-0.3, -0.25) is 9.59 Å². The minimum absolute atomic E-state index is 0.119. The average Bonchev–Trinajstić information content (AvgIpc) is 0.974. The summed E-state index contributed by atoms with van der Waals surface area (Å²) in [6.07, 6.45) is 84.2. The third-order valence-electron chi connectivity index (χ3n) is 17.7. The molecule has 0 radical (unpaired) electrons. The van der Waals surface area contributed by atoms with Crippen molar-refractivity contribution in [2.45, 2.75) is 384 Å². The Kier molecular flexibility index (Phi) is 64.1. The molecule has 11 heteroatoms. The van der Waals surface area contributed by atoms with Gasteiger partial charge in [0.05, 0.1) is 25.4 Å². The Labute approximate surface area is 570 Å². The van der Waals surface area contributed by atoms with Crippen molar-refractivity contribution < 1.29 is 49.3 Å². The first-order valence-electron chi connectivity index (χ1n) is 38.7. The van der Waals surface area contributed by atoms with Crippen molar-refractivity contribution in [1.82, 2.24) is 5.32 Å². The van der Waals surface area contributed by atoms with Gasteiger partial charge in [-0.1, -0.05) is 329 Å². The number of aliphatic hydroxyl groups excluding tert-OH is 5. The summed E-state index contributed by atoms with van der Waals surface area (Å²) >= 11 is 0. The van der Waals surface area contributed by atoms with Gasteiger partial charge in [-0.25, -0.2) is 0 Å². The number of hydrogen-bond acceptors (Lipinski definition) is 10. The summed E-state index contributed by atoms with van der Waals surface area (Å²) in [6, 6.07) is -1.03. The van der Waals surface area contributed by atoms with Crippen molar-refractivity contribution >= 4 is 11.9 Å². The van der Waals surface area contributed by atoms with Gasteiger partial charge in [-0.05, 0) is 109 Å². The molecule has 536 valence electrons. The monoisotopic (exact) mass is 1300 g/mol. The van der Waals surface area contributed by atoms with Gasteiger partial charge in [0.2, 0.25) is 5.91 Å². The highest BCUT2D eigenvalue weighted by molar-refractivity contribution is 5.80. The number of rotatable bonds is 66. The Morgan fingerprint density at radius 2 is 0.774 bits per heavy atom.